The first-order chi connectivity index (χ1) is 13.6. The van der Waals surface area contributed by atoms with Crippen LogP contribution in [0.15, 0.2) is 77.7 Å². The second-order valence-corrected chi connectivity index (χ2v) is 8.54. The van der Waals surface area contributed by atoms with E-state index in [-0.39, 0.29) is 5.91 Å². The van der Waals surface area contributed by atoms with E-state index in [1.54, 1.807) is 16.7 Å². The molecule has 0 atom stereocenters. The molecule has 0 unspecified atom stereocenters. The van der Waals surface area contributed by atoms with E-state index in [4.69, 9.17) is 16.6 Å². The summed E-state index contributed by atoms with van der Waals surface area (Å²) in [7, 11) is 0. The molecule has 28 heavy (non-hydrogen) atoms. The zero-order valence-electron chi connectivity index (χ0n) is 15.1. The van der Waals surface area contributed by atoms with Gasteiger partial charge >= 0.3 is 0 Å². The fourth-order valence-corrected chi connectivity index (χ4v) is 4.60. The Labute approximate surface area is 177 Å². The number of fused-ring (bicyclic) bond motifs is 1. The first-order valence-corrected chi connectivity index (χ1v) is 11.1. The van der Waals surface area contributed by atoms with Crippen molar-refractivity contribution in [3.05, 3.63) is 88.9 Å². The maximum atomic E-state index is 13.4. The van der Waals surface area contributed by atoms with Crippen LogP contribution in [0, 0.1) is 0 Å². The number of hydrogen-bond donors (Lipinski definition) is 0. The standard InChI is InChI=1S/C22H17ClN2OS2/c1-27-18-9-5-8-16(12-18)21(26)25(14-15-6-3-2-4-7-15)22-24-19-11-10-17(23)13-20(19)28-22/h2-13H,14H2,1H3. The van der Waals surface area contributed by atoms with Crippen LogP contribution in [0.25, 0.3) is 10.2 Å². The zero-order chi connectivity index (χ0) is 19.5. The molecule has 0 aliphatic carbocycles. The summed E-state index contributed by atoms with van der Waals surface area (Å²) < 4.78 is 0.964. The van der Waals surface area contributed by atoms with Crippen LogP contribution in [-0.4, -0.2) is 17.1 Å². The Morgan fingerprint density at radius 1 is 1.07 bits per heavy atom. The molecule has 0 N–H and O–H groups in total. The SMILES string of the molecule is CSc1cccc(C(=O)N(Cc2ccccc2)c2nc3ccc(Cl)cc3s2)c1. The summed E-state index contributed by atoms with van der Waals surface area (Å²) in [5.41, 5.74) is 2.54. The van der Waals surface area contributed by atoms with Gasteiger partial charge in [-0.2, -0.15) is 0 Å². The van der Waals surface area contributed by atoms with Crippen LogP contribution < -0.4 is 4.90 Å². The number of carbonyl (C=O) groups excluding carboxylic acids is 1. The van der Waals surface area contributed by atoms with Gasteiger partial charge in [-0.3, -0.25) is 9.69 Å². The monoisotopic (exact) mass is 424 g/mol. The van der Waals surface area contributed by atoms with Crippen LogP contribution in [0.1, 0.15) is 15.9 Å². The van der Waals surface area contributed by atoms with Gasteiger partial charge in [0.25, 0.3) is 5.91 Å². The van der Waals surface area contributed by atoms with Gasteiger partial charge in [0, 0.05) is 15.5 Å². The Morgan fingerprint density at radius 3 is 2.68 bits per heavy atom. The number of halogens is 1. The molecule has 0 saturated carbocycles. The van der Waals surface area contributed by atoms with Gasteiger partial charge < -0.3 is 0 Å². The first-order valence-electron chi connectivity index (χ1n) is 8.70. The molecule has 0 radical (unpaired) electrons. The molecule has 1 amide bonds. The van der Waals surface area contributed by atoms with Crippen molar-refractivity contribution in [3.8, 4) is 0 Å². The summed E-state index contributed by atoms with van der Waals surface area (Å²) >= 11 is 9.22. The highest BCUT2D eigenvalue weighted by molar-refractivity contribution is 7.98. The summed E-state index contributed by atoms with van der Waals surface area (Å²) in [6.07, 6.45) is 2.00. The Balaban J connectivity index is 1.77. The molecule has 0 aliphatic heterocycles. The van der Waals surface area contributed by atoms with Crippen molar-refractivity contribution >= 4 is 56.0 Å². The molecule has 6 heteroatoms. The van der Waals surface area contributed by atoms with Crippen molar-refractivity contribution in [3.63, 3.8) is 0 Å². The summed E-state index contributed by atoms with van der Waals surface area (Å²) in [5, 5.41) is 1.33. The van der Waals surface area contributed by atoms with E-state index in [2.05, 4.69) is 0 Å². The quantitative estimate of drug-likeness (QED) is 0.342. The molecule has 140 valence electrons. The van der Waals surface area contributed by atoms with Gasteiger partial charge in [-0.05, 0) is 48.2 Å². The highest BCUT2D eigenvalue weighted by Gasteiger charge is 2.22. The molecule has 1 aromatic heterocycles. The van der Waals surface area contributed by atoms with E-state index in [0.717, 1.165) is 20.7 Å². The molecule has 3 aromatic carbocycles. The van der Waals surface area contributed by atoms with Gasteiger partial charge in [-0.15, -0.1) is 11.8 Å². The fourth-order valence-electron chi connectivity index (χ4n) is 2.91. The van der Waals surface area contributed by atoms with Crippen LogP contribution in [0.5, 0.6) is 0 Å². The number of anilines is 1. The van der Waals surface area contributed by atoms with Gasteiger partial charge in [-0.1, -0.05) is 59.3 Å². The van der Waals surface area contributed by atoms with E-state index < -0.39 is 0 Å². The number of amides is 1. The van der Waals surface area contributed by atoms with E-state index in [9.17, 15) is 4.79 Å². The maximum Gasteiger partial charge on any atom is 0.260 e. The highest BCUT2D eigenvalue weighted by atomic mass is 35.5. The van der Waals surface area contributed by atoms with E-state index in [1.165, 1.54) is 11.3 Å². The molecule has 4 aromatic rings. The van der Waals surface area contributed by atoms with Crippen molar-refractivity contribution in [1.82, 2.24) is 4.98 Å². The normalized spacial score (nSPS) is 10.9. The van der Waals surface area contributed by atoms with Crippen LogP contribution in [0.2, 0.25) is 5.02 Å². The average Bonchev–Trinajstić information content (AvgIpc) is 3.15. The Bertz CT molecular complexity index is 1130. The molecular weight excluding hydrogens is 408 g/mol. The average molecular weight is 425 g/mol. The van der Waals surface area contributed by atoms with Crippen molar-refractivity contribution in [1.29, 1.82) is 0 Å². The van der Waals surface area contributed by atoms with Crippen molar-refractivity contribution in [2.24, 2.45) is 0 Å². The number of rotatable bonds is 5. The molecule has 0 aliphatic rings. The Hall–Kier alpha value is -2.34. The third-order valence-electron chi connectivity index (χ3n) is 4.32. The predicted octanol–water partition coefficient (Wildman–Crippen LogP) is 6.52. The molecule has 0 fully saturated rings. The van der Waals surface area contributed by atoms with Crippen LogP contribution in [-0.2, 0) is 6.54 Å². The number of thiazole rings is 1. The van der Waals surface area contributed by atoms with Crippen LogP contribution >= 0.6 is 34.7 Å². The molecule has 0 bridgehead atoms. The van der Waals surface area contributed by atoms with Crippen molar-refractivity contribution in [2.45, 2.75) is 11.4 Å². The van der Waals surface area contributed by atoms with Gasteiger partial charge in [0.1, 0.15) is 0 Å². The van der Waals surface area contributed by atoms with Crippen molar-refractivity contribution < 1.29 is 4.79 Å². The second-order valence-electron chi connectivity index (χ2n) is 6.22. The summed E-state index contributed by atoms with van der Waals surface area (Å²) in [6, 6.07) is 23.2. The van der Waals surface area contributed by atoms with Gasteiger partial charge in [0.2, 0.25) is 0 Å². The molecular formula is C22H17ClN2OS2. The van der Waals surface area contributed by atoms with Crippen LogP contribution in [0.4, 0.5) is 5.13 Å². The van der Waals surface area contributed by atoms with E-state index in [1.807, 2.05) is 79.1 Å². The number of hydrogen-bond acceptors (Lipinski definition) is 4. The topological polar surface area (TPSA) is 33.2 Å². The number of carbonyl (C=O) groups is 1. The van der Waals surface area contributed by atoms with Gasteiger partial charge in [-0.25, -0.2) is 4.98 Å². The Kier molecular flexibility index (Phi) is 5.67. The van der Waals surface area contributed by atoms with Crippen molar-refractivity contribution in [2.75, 3.05) is 11.2 Å². The Morgan fingerprint density at radius 2 is 1.89 bits per heavy atom. The highest BCUT2D eigenvalue weighted by Crippen LogP contribution is 2.32. The number of thioether (sulfide) groups is 1. The zero-order valence-corrected chi connectivity index (χ0v) is 17.5. The molecule has 0 spiro atoms. The first kappa shape index (κ1) is 19.0. The lowest BCUT2D eigenvalue weighted by Gasteiger charge is -2.20. The summed E-state index contributed by atoms with van der Waals surface area (Å²) in [5.74, 6) is -0.0649. The third-order valence-corrected chi connectivity index (χ3v) is 6.32. The molecule has 1 heterocycles. The number of nitrogens with zero attached hydrogens (tertiary/aromatic N) is 2. The number of benzene rings is 3. The minimum Gasteiger partial charge on any atom is -0.279 e. The second kappa shape index (κ2) is 8.35. The molecule has 4 rings (SSSR count). The van der Waals surface area contributed by atoms with Crippen LogP contribution in [0.3, 0.4) is 0 Å². The minimum atomic E-state index is -0.0649. The van der Waals surface area contributed by atoms with E-state index >= 15 is 0 Å². The predicted molar refractivity (Wildman–Crippen MR) is 120 cm³/mol. The third kappa shape index (κ3) is 4.07. The van der Waals surface area contributed by atoms with Gasteiger partial charge in [0.15, 0.2) is 5.13 Å². The van der Waals surface area contributed by atoms with Gasteiger partial charge in [0.05, 0.1) is 16.8 Å². The largest absolute Gasteiger partial charge is 0.279 e. The lowest BCUT2D eigenvalue weighted by Crippen LogP contribution is -2.30. The molecule has 3 nitrogen and oxygen atoms in total. The smallest absolute Gasteiger partial charge is 0.260 e. The lowest BCUT2D eigenvalue weighted by atomic mass is 10.1. The molecule has 0 saturated heterocycles. The van der Waals surface area contributed by atoms with E-state index in [0.29, 0.717) is 22.3 Å². The number of aromatic nitrogens is 1. The summed E-state index contributed by atoms with van der Waals surface area (Å²) in [4.78, 5) is 20.9. The summed E-state index contributed by atoms with van der Waals surface area (Å²) in [6.45, 7) is 0.455. The fraction of sp³-hybridized carbons (Fsp3) is 0.0909. The maximum absolute atomic E-state index is 13.4. The lowest BCUT2D eigenvalue weighted by molar-refractivity contribution is 0.0985. The minimum absolute atomic E-state index is 0.0649.